The number of ketones is 2. The summed E-state index contributed by atoms with van der Waals surface area (Å²) in [6.07, 6.45) is 9.26. The van der Waals surface area contributed by atoms with E-state index in [0.717, 1.165) is 21.1 Å². The van der Waals surface area contributed by atoms with Gasteiger partial charge in [-0.05, 0) is 30.7 Å². The molecule has 0 bridgehead atoms. The minimum atomic E-state index is -0.0726. The SMILES string of the molecule is O=C1c2cccc(Sc3ccccc3)c2C(=O)c2c(SC3C=CC=CC3)cccc21. The lowest BCUT2D eigenvalue weighted by atomic mass is 9.84. The predicted molar refractivity (Wildman–Crippen MR) is 123 cm³/mol. The minimum Gasteiger partial charge on any atom is -0.289 e. The van der Waals surface area contributed by atoms with Crippen LogP contribution in [0.1, 0.15) is 38.3 Å². The lowest BCUT2D eigenvalue weighted by Crippen LogP contribution is -2.22. The normalized spacial score (nSPS) is 17.0. The Morgan fingerprint density at radius 3 is 2.10 bits per heavy atom. The molecule has 0 aliphatic heterocycles. The van der Waals surface area contributed by atoms with Gasteiger partial charge in [0.05, 0.1) is 0 Å². The number of carbonyl (C=O) groups excluding carboxylic acids is 2. The van der Waals surface area contributed by atoms with Gasteiger partial charge in [0.1, 0.15) is 0 Å². The highest BCUT2D eigenvalue weighted by atomic mass is 32.2. The van der Waals surface area contributed by atoms with Crippen LogP contribution in [0.25, 0.3) is 0 Å². The molecule has 1 atom stereocenters. The van der Waals surface area contributed by atoms with Gasteiger partial charge in [-0.2, -0.15) is 0 Å². The van der Waals surface area contributed by atoms with Gasteiger partial charge >= 0.3 is 0 Å². The Morgan fingerprint density at radius 1 is 0.700 bits per heavy atom. The molecule has 3 aromatic carbocycles. The molecule has 2 nitrogen and oxygen atoms in total. The fourth-order valence-corrected chi connectivity index (χ4v) is 5.97. The molecule has 0 heterocycles. The summed E-state index contributed by atoms with van der Waals surface area (Å²) < 4.78 is 0. The van der Waals surface area contributed by atoms with Gasteiger partial charge in [-0.1, -0.05) is 78.5 Å². The van der Waals surface area contributed by atoms with E-state index in [1.807, 2.05) is 66.7 Å². The first-order valence-corrected chi connectivity index (χ1v) is 11.5. The molecule has 2 aliphatic carbocycles. The lowest BCUT2D eigenvalue weighted by Gasteiger charge is -2.23. The Labute approximate surface area is 184 Å². The molecule has 5 rings (SSSR count). The van der Waals surface area contributed by atoms with Gasteiger partial charge in [-0.25, -0.2) is 0 Å². The number of hydrogen-bond acceptors (Lipinski definition) is 4. The summed E-state index contributed by atoms with van der Waals surface area (Å²) in [6.45, 7) is 0. The van der Waals surface area contributed by atoms with Crippen molar-refractivity contribution in [2.45, 2.75) is 26.4 Å². The standard InChI is InChI=1S/C26H18O2S2/c27-25-19-13-7-15-21(29-17-9-3-1-4-10-17)23(19)26(28)24-20(25)14-8-16-22(24)30-18-11-5-2-6-12-18/h1-11,13-16,18H,12H2. The summed E-state index contributed by atoms with van der Waals surface area (Å²) in [6, 6.07) is 21.1. The van der Waals surface area contributed by atoms with Crippen LogP contribution in [0, 0.1) is 0 Å². The molecule has 0 radical (unpaired) electrons. The zero-order chi connectivity index (χ0) is 20.5. The smallest absolute Gasteiger partial charge is 0.196 e. The molecular formula is C26H18O2S2. The van der Waals surface area contributed by atoms with Gasteiger partial charge in [-0.3, -0.25) is 9.59 Å². The van der Waals surface area contributed by atoms with Crippen molar-refractivity contribution in [3.63, 3.8) is 0 Å². The molecule has 1 unspecified atom stereocenters. The largest absolute Gasteiger partial charge is 0.289 e. The number of hydrogen-bond donors (Lipinski definition) is 0. The van der Waals surface area contributed by atoms with Gasteiger partial charge < -0.3 is 0 Å². The van der Waals surface area contributed by atoms with E-state index in [0.29, 0.717) is 22.3 Å². The Morgan fingerprint density at radius 2 is 1.40 bits per heavy atom. The van der Waals surface area contributed by atoms with Gasteiger partial charge in [0, 0.05) is 42.2 Å². The van der Waals surface area contributed by atoms with Crippen molar-refractivity contribution >= 4 is 35.1 Å². The molecule has 146 valence electrons. The van der Waals surface area contributed by atoms with Crippen LogP contribution in [0.5, 0.6) is 0 Å². The third-order valence-electron chi connectivity index (χ3n) is 5.19. The average molecular weight is 427 g/mol. The second-order valence-electron chi connectivity index (χ2n) is 7.14. The Kier molecular flexibility index (Phi) is 5.19. The van der Waals surface area contributed by atoms with Crippen molar-refractivity contribution in [2.24, 2.45) is 0 Å². The highest BCUT2D eigenvalue weighted by Gasteiger charge is 2.34. The number of fused-ring (bicyclic) bond motifs is 2. The summed E-state index contributed by atoms with van der Waals surface area (Å²) >= 11 is 3.18. The van der Waals surface area contributed by atoms with E-state index >= 15 is 0 Å². The van der Waals surface area contributed by atoms with Crippen LogP contribution in [0.15, 0.2) is 106 Å². The molecule has 30 heavy (non-hydrogen) atoms. The fraction of sp³-hybridized carbons (Fsp3) is 0.0769. The van der Waals surface area contributed by atoms with Crippen molar-refractivity contribution in [3.8, 4) is 0 Å². The maximum Gasteiger partial charge on any atom is 0.196 e. The van der Waals surface area contributed by atoms with Crippen LogP contribution >= 0.6 is 23.5 Å². The lowest BCUT2D eigenvalue weighted by molar-refractivity contribution is 0.0974. The Bertz CT molecular complexity index is 1210. The predicted octanol–water partition coefficient (Wildman–Crippen LogP) is 6.59. The van der Waals surface area contributed by atoms with Crippen LogP contribution in [0.2, 0.25) is 0 Å². The van der Waals surface area contributed by atoms with E-state index in [1.54, 1.807) is 23.9 Å². The van der Waals surface area contributed by atoms with E-state index in [4.69, 9.17) is 0 Å². The van der Waals surface area contributed by atoms with Crippen LogP contribution in [0.4, 0.5) is 0 Å². The highest BCUT2D eigenvalue weighted by molar-refractivity contribution is 8.00. The maximum atomic E-state index is 13.7. The molecule has 0 fully saturated rings. The topological polar surface area (TPSA) is 34.1 Å². The second-order valence-corrected chi connectivity index (χ2v) is 9.53. The van der Waals surface area contributed by atoms with Crippen LogP contribution in [-0.2, 0) is 0 Å². The third-order valence-corrected chi connectivity index (χ3v) is 7.50. The molecule has 0 spiro atoms. The second kappa shape index (κ2) is 8.13. The van der Waals surface area contributed by atoms with E-state index < -0.39 is 0 Å². The number of allylic oxidation sites excluding steroid dienone is 3. The van der Waals surface area contributed by atoms with Crippen molar-refractivity contribution in [1.82, 2.24) is 0 Å². The number of benzene rings is 3. The zero-order valence-electron chi connectivity index (χ0n) is 16.1. The summed E-state index contributed by atoms with van der Waals surface area (Å²) in [7, 11) is 0. The van der Waals surface area contributed by atoms with Gasteiger partial charge in [0.25, 0.3) is 0 Å². The van der Waals surface area contributed by atoms with Crippen LogP contribution in [-0.4, -0.2) is 16.8 Å². The quantitative estimate of drug-likeness (QED) is 0.369. The monoisotopic (exact) mass is 426 g/mol. The first-order valence-electron chi connectivity index (χ1n) is 9.80. The number of rotatable bonds is 4. The molecule has 0 aromatic heterocycles. The highest BCUT2D eigenvalue weighted by Crippen LogP contribution is 2.41. The summed E-state index contributed by atoms with van der Waals surface area (Å²) in [5, 5.41) is 0.264. The van der Waals surface area contributed by atoms with Crippen LogP contribution < -0.4 is 0 Å². The Hall–Kier alpha value is -2.82. The summed E-state index contributed by atoms with van der Waals surface area (Å²) in [5.41, 5.74) is 2.07. The van der Waals surface area contributed by atoms with E-state index in [-0.39, 0.29) is 16.8 Å². The molecular weight excluding hydrogens is 408 g/mol. The first kappa shape index (κ1) is 19.2. The van der Waals surface area contributed by atoms with Crippen LogP contribution in [0.3, 0.4) is 0 Å². The number of carbonyl (C=O) groups is 2. The van der Waals surface area contributed by atoms with Crippen molar-refractivity contribution in [2.75, 3.05) is 0 Å². The van der Waals surface area contributed by atoms with E-state index in [1.165, 1.54) is 11.8 Å². The average Bonchev–Trinajstić information content (AvgIpc) is 2.79. The molecule has 4 heteroatoms. The molecule has 2 aliphatic rings. The van der Waals surface area contributed by atoms with Crippen molar-refractivity contribution in [1.29, 1.82) is 0 Å². The van der Waals surface area contributed by atoms with E-state index in [9.17, 15) is 9.59 Å². The first-order chi connectivity index (χ1) is 14.7. The fourth-order valence-electron chi connectivity index (χ4n) is 3.79. The van der Waals surface area contributed by atoms with Crippen molar-refractivity contribution in [3.05, 3.63) is 113 Å². The summed E-state index contributed by atoms with van der Waals surface area (Å²) in [5.74, 6) is -0.131. The number of thioether (sulfide) groups is 1. The third kappa shape index (κ3) is 3.47. The van der Waals surface area contributed by atoms with Gasteiger partial charge in [-0.15, -0.1) is 11.8 Å². The van der Waals surface area contributed by atoms with E-state index in [2.05, 4.69) is 12.2 Å². The molecule has 0 N–H and O–H groups in total. The summed E-state index contributed by atoms with van der Waals surface area (Å²) in [4.78, 5) is 29.8. The minimum absolute atomic E-state index is 0.0583. The van der Waals surface area contributed by atoms with Gasteiger partial charge in [0.15, 0.2) is 11.6 Å². The molecule has 0 saturated carbocycles. The van der Waals surface area contributed by atoms with Crippen molar-refractivity contribution < 1.29 is 9.59 Å². The Balaban J connectivity index is 1.58. The zero-order valence-corrected chi connectivity index (χ0v) is 17.7. The molecule has 0 saturated heterocycles. The molecule has 0 amide bonds. The molecule has 3 aromatic rings. The van der Waals surface area contributed by atoms with Gasteiger partial charge in [0.2, 0.25) is 0 Å². The maximum absolute atomic E-state index is 13.7.